The molecular formula is C27H34N3O4+. The number of aliphatic hydroxyl groups is 1. The third-order valence-corrected chi connectivity index (χ3v) is 6.69. The van der Waals surface area contributed by atoms with Crippen LogP contribution >= 0.6 is 0 Å². The first-order valence-corrected chi connectivity index (χ1v) is 11.9. The maximum Gasteiger partial charge on any atom is 0.248 e. The number of rotatable bonds is 11. The number of primary amides is 1. The molecule has 7 heteroatoms. The van der Waals surface area contributed by atoms with Crippen LogP contribution in [0.3, 0.4) is 0 Å². The first-order chi connectivity index (χ1) is 16.3. The Kier molecular flexibility index (Phi) is 7.05. The van der Waals surface area contributed by atoms with E-state index in [1.54, 1.807) is 30.5 Å². The standard InChI is InChI=1S/C27H33N3O4/c1-30(2,16-7-17-33-23-14-12-20(13-15-23)25(28)31)19-24-18-29-26(34-24)27(32,22-10-6-11-22)21-8-4-3-5-9-21/h3-5,8-9,12-15,18,22,32H,6-7,10-11,16-17,19H2,1-2H3,(H-,28,31)/p+1. The third kappa shape index (κ3) is 5.32. The van der Waals surface area contributed by atoms with Gasteiger partial charge in [-0.15, -0.1) is 0 Å². The van der Waals surface area contributed by atoms with Crippen molar-refractivity contribution >= 4 is 5.91 Å². The molecule has 1 amide bonds. The molecular weight excluding hydrogens is 430 g/mol. The van der Waals surface area contributed by atoms with Crippen LogP contribution < -0.4 is 10.5 Å². The molecule has 3 N–H and O–H groups in total. The van der Waals surface area contributed by atoms with Crippen LogP contribution in [0, 0.1) is 5.92 Å². The smallest absolute Gasteiger partial charge is 0.248 e. The third-order valence-electron chi connectivity index (χ3n) is 6.69. The topological polar surface area (TPSA) is 98.6 Å². The van der Waals surface area contributed by atoms with Gasteiger partial charge in [-0.25, -0.2) is 4.98 Å². The van der Waals surface area contributed by atoms with Gasteiger partial charge >= 0.3 is 0 Å². The van der Waals surface area contributed by atoms with E-state index in [1.807, 2.05) is 30.3 Å². The van der Waals surface area contributed by atoms with Crippen LogP contribution in [-0.4, -0.2) is 47.7 Å². The lowest BCUT2D eigenvalue weighted by atomic mass is 9.69. The van der Waals surface area contributed by atoms with Gasteiger partial charge < -0.3 is 24.5 Å². The summed E-state index contributed by atoms with van der Waals surface area (Å²) in [6.07, 6.45) is 5.65. The molecule has 1 unspecified atom stereocenters. The molecule has 0 saturated heterocycles. The highest BCUT2D eigenvalue weighted by Crippen LogP contribution is 2.46. The van der Waals surface area contributed by atoms with Crippen molar-refractivity contribution in [1.82, 2.24) is 4.98 Å². The van der Waals surface area contributed by atoms with Crippen molar-refractivity contribution in [3.8, 4) is 5.75 Å². The molecule has 0 aliphatic heterocycles. The molecule has 1 atom stereocenters. The van der Waals surface area contributed by atoms with Gasteiger partial charge in [-0.3, -0.25) is 4.79 Å². The van der Waals surface area contributed by atoms with Gasteiger partial charge in [-0.2, -0.15) is 0 Å². The van der Waals surface area contributed by atoms with Gasteiger partial charge in [0.15, 0.2) is 11.4 Å². The van der Waals surface area contributed by atoms with Crippen molar-refractivity contribution in [3.63, 3.8) is 0 Å². The lowest BCUT2D eigenvalue weighted by molar-refractivity contribution is -0.904. The van der Waals surface area contributed by atoms with Crippen LogP contribution in [0.5, 0.6) is 5.75 Å². The van der Waals surface area contributed by atoms with Gasteiger partial charge in [-0.05, 0) is 42.7 Å². The average molecular weight is 465 g/mol. The van der Waals surface area contributed by atoms with E-state index in [0.717, 1.165) is 43.6 Å². The number of quaternary nitrogens is 1. The highest BCUT2D eigenvalue weighted by atomic mass is 16.5. The van der Waals surface area contributed by atoms with Gasteiger partial charge in [0.1, 0.15) is 12.3 Å². The Morgan fingerprint density at radius 3 is 2.50 bits per heavy atom. The summed E-state index contributed by atoms with van der Waals surface area (Å²) in [5, 5.41) is 11.7. The molecule has 1 fully saturated rings. The zero-order valence-corrected chi connectivity index (χ0v) is 19.9. The van der Waals surface area contributed by atoms with Crippen LogP contribution in [-0.2, 0) is 12.1 Å². The van der Waals surface area contributed by atoms with Crippen molar-refractivity contribution < 1.29 is 23.5 Å². The minimum atomic E-state index is -1.19. The summed E-state index contributed by atoms with van der Waals surface area (Å²) in [5.74, 6) is 1.54. The molecule has 0 radical (unpaired) electrons. The van der Waals surface area contributed by atoms with E-state index < -0.39 is 11.5 Å². The molecule has 1 aliphatic rings. The van der Waals surface area contributed by atoms with Crippen molar-refractivity contribution in [2.75, 3.05) is 27.2 Å². The molecule has 1 aromatic heterocycles. The van der Waals surface area contributed by atoms with Crippen LogP contribution in [0.15, 0.2) is 65.2 Å². The molecule has 1 saturated carbocycles. The molecule has 4 rings (SSSR count). The second-order valence-electron chi connectivity index (χ2n) is 9.80. The van der Waals surface area contributed by atoms with Gasteiger partial charge in [-0.1, -0.05) is 36.8 Å². The Labute approximate surface area is 200 Å². The van der Waals surface area contributed by atoms with Gasteiger partial charge in [0.05, 0.1) is 33.4 Å². The summed E-state index contributed by atoms with van der Waals surface area (Å²) >= 11 is 0. The van der Waals surface area contributed by atoms with Crippen molar-refractivity contribution in [3.05, 3.63) is 83.6 Å². The second-order valence-corrected chi connectivity index (χ2v) is 9.80. The predicted molar refractivity (Wildman–Crippen MR) is 129 cm³/mol. The molecule has 0 spiro atoms. The van der Waals surface area contributed by atoms with Crippen LogP contribution in [0.2, 0.25) is 0 Å². The number of nitrogens with two attached hydrogens (primary N) is 1. The Bertz CT molecular complexity index is 1090. The Morgan fingerprint density at radius 2 is 1.88 bits per heavy atom. The number of oxazole rings is 1. The number of hydrogen-bond donors (Lipinski definition) is 2. The number of carbonyl (C=O) groups is 1. The number of ether oxygens (including phenoxy) is 1. The Morgan fingerprint density at radius 1 is 1.18 bits per heavy atom. The highest BCUT2D eigenvalue weighted by molar-refractivity contribution is 5.92. The van der Waals surface area contributed by atoms with Crippen molar-refractivity contribution in [2.24, 2.45) is 11.7 Å². The van der Waals surface area contributed by atoms with Crippen LogP contribution in [0.1, 0.15) is 53.3 Å². The fraction of sp³-hybridized carbons (Fsp3) is 0.407. The predicted octanol–water partition coefficient (Wildman–Crippen LogP) is 3.86. The first kappa shape index (κ1) is 24.0. The number of benzene rings is 2. The Balaban J connectivity index is 1.34. The minimum absolute atomic E-state index is 0.123. The lowest BCUT2D eigenvalue weighted by Crippen LogP contribution is -2.41. The van der Waals surface area contributed by atoms with Crippen LogP contribution in [0.25, 0.3) is 0 Å². The maximum absolute atomic E-state index is 11.7. The molecule has 7 nitrogen and oxygen atoms in total. The van der Waals surface area contributed by atoms with Gasteiger partial charge in [0.25, 0.3) is 0 Å². The van der Waals surface area contributed by atoms with E-state index in [-0.39, 0.29) is 5.92 Å². The number of nitrogens with zero attached hydrogens (tertiary/aromatic N) is 2. The van der Waals surface area contributed by atoms with Gasteiger partial charge in [0.2, 0.25) is 11.8 Å². The zero-order chi connectivity index (χ0) is 24.2. The molecule has 1 aliphatic carbocycles. The number of aromatic nitrogens is 1. The first-order valence-electron chi connectivity index (χ1n) is 11.9. The average Bonchev–Trinajstić information content (AvgIpc) is 3.24. The zero-order valence-electron chi connectivity index (χ0n) is 19.9. The Hall–Kier alpha value is -3.16. The summed E-state index contributed by atoms with van der Waals surface area (Å²) in [4.78, 5) is 15.7. The van der Waals surface area contributed by atoms with E-state index >= 15 is 0 Å². The fourth-order valence-electron chi connectivity index (χ4n) is 4.51. The molecule has 2 aromatic carbocycles. The molecule has 0 bridgehead atoms. The van der Waals surface area contributed by atoms with Crippen molar-refractivity contribution in [2.45, 2.75) is 37.8 Å². The summed E-state index contributed by atoms with van der Waals surface area (Å²) in [7, 11) is 4.28. The van der Waals surface area contributed by atoms with E-state index in [0.29, 0.717) is 34.8 Å². The molecule has 1 heterocycles. The summed E-state index contributed by atoms with van der Waals surface area (Å²) in [6.45, 7) is 2.10. The summed E-state index contributed by atoms with van der Waals surface area (Å²) in [5.41, 5.74) is 5.38. The quantitative estimate of drug-likeness (QED) is 0.332. The van der Waals surface area contributed by atoms with E-state index in [4.69, 9.17) is 14.9 Å². The second kappa shape index (κ2) is 9.99. The normalized spacial score (nSPS) is 16.0. The van der Waals surface area contributed by atoms with Crippen LogP contribution in [0.4, 0.5) is 0 Å². The number of amides is 1. The summed E-state index contributed by atoms with van der Waals surface area (Å²) in [6, 6.07) is 16.6. The van der Waals surface area contributed by atoms with E-state index in [9.17, 15) is 9.90 Å². The molecule has 180 valence electrons. The summed E-state index contributed by atoms with van der Waals surface area (Å²) < 4.78 is 12.7. The molecule has 3 aromatic rings. The highest BCUT2D eigenvalue weighted by Gasteiger charge is 2.47. The van der Waals surface area contributed by atoms with E-state index in [2.05, 4.69) is 19.1 Å². The number of carbonyl (C=O) groups excluding carboxylic acids is 1. The monoisotopic (exact) mass is 464 g/mol. The van der Waals surface area contributed by atoms with E-state index in [1.165, 1.54) is 0 Å². The van der Waals surface area contributed by atoms with Gasteiger partial charge in [0, 0.05) is 17.9 Å². The lowest BCUT2D eigenvalue weighted by Gasteiger charge is -2.39. The maximum atomic E-state index is 11.7. The van der Waals surface area contributed by atoms with Crippen molar-refractivity contribution in [1.29, 1.82) is 0 Å². The molecule has 34 heavy (non-hydrogen) atoms. The number of hydrogen-bond acceptors (Lipinski definition) is 5. The minimum Gasteiger partial charge on any atom is -0.493 e. The SMILES string of the molecule is C[N+](C)(CCCOc1ccc(C(N)=O)cc1)Cc1cnc(C(O)(c2ccccc2)C2CCC2)o1. The largest absolute Gasteiger partial charge is 0.493 e. The fourth-order valence-corrected chi connectivity index (χ4v) is 4.51.